The van der Waals surface area contributed by atoms with Gasteiger partial charge in [0.2, 0.25) is 0 Å². The van der Waals surface area contributed by atoms with E-state index in [-0.39, 0.29) is 44.3 Å². The molecule has 0 saturated heterocycles. The van der Waals surface area contributed by atoms with Gasteiger partial charge in [0.15, 0.2) is 6.10 Å². The van der Waals surface area contributed by atoms with Gasteiger partial charge in [-0.15, -0.1) is 0 Å². The van der Waals surface area contributed by atoms with Crippen LogP contribution < -0.4 is 4.74 Å². The molecule has 9 heteroatoms. The predicted octanol–water partition coefficient (Wildman–Crippen LogP) is 5.85. The van der Waals surface area contributed by atoms with Crippen LogP contribution in [0.5, 0.6) is 11.5 Å². The first-order valence-corrected chi connectivity index (χ1v) is 8.50. The Balaban J connectivity index is 2.09. The lowest BCUT2D eigenvalue weighted by Crippen LogP contribution is -2.17. The number of halogens is 5. The van der Waals surface area contributed by atoms with Gasteiger partial charge in [-0.3, -0.25) is 0 Å². The minimum atomic E-state index is -3.46. The van der Waals surface area contributed by atoms with E-state index in [0.29, 0.717) is 0 Å². The minimum absolute atomic E-state index is 0.0150. The fourth-order valence-electron chi connectivity index (χ4n) is 2.43. The molecule has 2 aromatic rings. The number of benzene rings is 2. The smallest absolute Gasteiger partial charge is 0.327 e. The molecule has 2 nitrogen and oxygen atoms in total. The number of rotatable bonds is 3. The summed E-state index contributed by atoms with van der Waals surface area (Å²) in [5.74, 6) is -2.54. The Morgan fingerprint density at radius 3 is 2.62 bits per heavy atom. The van der Waals surface area contributed by atoms with Crippen molar-refractivity contribution in [3.63, 3.8) is 0 Å². The first-order valence-electron chi connectivity index (χ1n) is 6.64. The Kier molecular flexibility index (Phi) is 4.73. The monoisotopic (exact) mass is 396 g/mol. The van der Waals surface area contributed by atoms with Gasteiger partial charge in [-0.25, -0.2) is 8.78 Å². The number of thioether (sulfide) groups is 1. The van der Waals surface area contributed by atoms with Gasteiger partial charge in [0.1, 0.15) is 23.2 Å². The molecule has 0 amide bonds. The summed E-state index contributed by atoms with van der Waals surface area (Å²) in [6, 6.07) is 5.99. The zero-order valence-electron chi connectivity index (χ0n) is 11.8. The van der Waals surface area contributed by atoms with Crippen molar-refractivity contribution in [1.82, 2.24) is 0 Å². The molecule has 0 spiro atoms. The molecule has 24 heavy (non-hydrogen) atoms. The molecule has 3 unspecified atom stereocenters. The highest BCUT2D eigenvalue weighted by Gasteiger charge is 2.50. The Morgan fingerprint density at radius 2 is 2.00 bits per heavy atom. The topological polar surface area (TPSA) is 29.5 Å². The maximum absolute atomic E-state index is 14.1. The maximum atomic E-state index is 14.1. The highest BCUT2D eigenvalue weighted by atomic mass is 35.5. The van der Waals surface area contributed by atoms with Crippen LogP contribution in [0.15, 0.2) is 35.2 Å². The maximum Gasteiger partial charge on any atom is 0.327 e. The van der Waals surface area contributed by atoms with Crippen molar-refractivity contribution in [1.29, 1.82) is 0 Å². The second kappa shape index (κ2) is 6.37. The van der Waals surface area contributed by atoms with Crippen molar-refractivity contribution in [2.45, 2.75) is 22.2 Å². The van der Waals surface area contributed by atoms with Crippen LogP contribution in [-0.4, -0.2) is 10.4 Å². The molecule has 1 aliphatic rings. The number of aliphatic hydroxyl groups excluding tert-OH is 1. The Morgan fingerprint density at radius 1 is 1.29 bits per heavy atom. The largest absolute Gasteiger partial charge is 0.457 e. The van der Waals surface area contributed by atoms with Gasteiger partial charge in [-0.1, -0.05) is 20.8 Å². The highest BCUT2D eigenvalue weighted by Crippen LogP contribution is 2.58. The van der Waals surface area contributed by atoms with E-state index in [2.05, 4.69) is 0 Å². The lowest BCUT2D eigenvalue weighted by atomic mass is 10.0. The summed E-state index contributed by atoms with van der Waals surface area (Å²) < 4.78 is 60.3. The van der Waals surface area contributed by atoms with E-state index < -0.39 is 23.1 Å². The Hall–Kier alpha value is -1.01. The first kappa shape index (κ1) is 17.8. The standard InChI is InChI=1S/C15H10ClF4O2PS/c16-6-3-7(17)5-8(4-6)22-9-1-2-10-12(11(9)14(18)23)13(21)15(19,20)24-10/h1-5,13-14,21H,23H2. The Labute approximate surface area is 146 Å². The number of hydrogen-bond donors (Lipinski definition) is 1. The van der Waals surface area contributed by atoms with Crippen LogP contribution in [0.1, 0.15) is 23.1 Å². The van der Waals surface area contributed by atoms with Crippen LogP contribution in [0.3, 0.4) is 0 Å². The molecule has 2 aromatic carbocycles. The second-order valence-electron chi connectivity index (χ2n) is 5.06. The average molecular weight is 397 g/mol. The molecule has 0 aliphatic carbocycles. The molecule has 0 bridgehead atoms. The summed E-state index contributed by atoms with van der Waals surface area (Å²) in [6.07, 6.45) is -2.16. The lowest BCUT2D eigenvalue weighted by Gasteiger charge is -2.18. The third-order valence-electron chi connectivity index (χ3n) is 3.38. The molecule has 3 atom stereocenters. The first-order chi connectivity index (χ1) is 11.2. The van der Waals surface area contributed by atoms with Crippen molar-refractivity contribution in [2.75, 3.05) is 0 Å². The fraction of sp³-hybridized carbons (Fsp3) is 0.200. The van der Waals surface area contributed by atoms with Gasteiger partial charge in [0, 0.05) is 27.1 Å². The molecule has 128 valence electrons. The normalized spacial score (nSPS) is 19.9. The van der Waals surface area contributed by atoms with Gasteiger partial charge < -0.3 is 9.84 Å². The predicted molar refractivity (Wildman–Crippen MR) is 87.2 cm³/mol. The van der Waals surface area contributed by atoms with Crippen molar-refractivity contribution in [3.05, 3.63) is 52.3 Å². The summed E-state index contributed by atoms with van der Waals surface area (Å²) in [6.45, 7) is 0. The van der Waals surface area contributed by atoms with Crippen molar-refractivity contribution in [2.24, 2.45) is 0 Å². The van der Waals surface area contributed by atoms with E-state index >= 15 is 0 Å². The summed E-state index contributed by atoms with van der Waals surface area (Å²) >= 11 is 5.89. The van der Waals surface area contributed by atoms with Crippen LogP contribution in [0.25, 0.3) is 0 Å². The molecular formula is C15H10ClF4O2PS. The van der Waals surface area contributed by atoms with Gasteiger partial charge in [0.25, 0.3) is 0 Å². The number of aliphatic hydroxyl groups is 1. The van der Waals surface area contributed by atoms with Gasteiger partial charge in [-0.05, 0) is 36.0 Å². The number of ether oxygens (including phenoxy) is 1. The number of alkyl halides is 3. The molecule has 1 N–H and O–H groups in total. The average Bonchev–Trinajstić information content (AvgIpc) is 2.68. The fourth-order valence-corrected chi connectivity index (χ4v) is 3.97. The summed E-state index contributed by atoms with van der Waals surface area (Å²) in [5.41, 5.74) is -0.456. The van der Waals surface area contributed by atoms with Crippen LogP contribution in [0, 0.1) is 5.82 Å². The second-order valence-corrected chi connectivity index (χ2v) is 7.27. The molecule has 0 radical (unpaired) electrons. The van der Waals surface area contributed by atoms with E-state index in [1.807, 2.05) is 9.24 Å². The van der Waals surface area contributed by atoms with E-state index in [9.17, 15) is 22.7 Å². The van der Waals surface area contributed by atoms with Crippen LogP contribution in [0.4, 0.5) is 17.6 Å². The summed E-state index contributed by atoms with van der Waals surface area (Å²) in [4.78, 5) is 0.0669. The highest BCUT2D eigenvalue weighted by molar-refractivity contribution is 8.00. The lowest BCUT2D eigenvalue weighted by molar-refractivity contribution is -0.0317. The van der Waals surface area contributed by atoms with Crippen molar-refractivity contribution >= 4 is 32.6 Å². The van der Waals surface area contributed by atoms with Crippen molar-refractivity contribution < 1.29 is 27.4 Å². The van der Waals surface area contributed by atoms with Gasteiger partial charge in [-0.2, -0.15) is 8.78 Å². The third-order valence-corrected chi connectivity index (χ3v) is 5.01. The molecule has 0 saturated carbocycles. The third kappa shape index (κ3) is 3.23. The molecular weight excluding hydrogens is 387 g/mol. The number of fused-ring (bicyclic) bond motifs is 1. The zero-order valence-corrected chi connectivity index (χ0v) is 14.5. The molecule has 3 rings (SSSR count). The van der Waals surface area contributed by atoms with E-state index in [1.165, 1.54) is 18.2 Å². The van der Waals surface area contributed by atoms with Crippen LogP contribution in [-0.2, 0) is 0 Å². The molecule has 1 heterocycles. The molecule has 1 aliphatic heterocycles. The van der Waals surface area contributed by atoms with E-state index in [1.54, 1.807) is 0 Å². The van der Waals surface area contributed by atoms with Crippen LogP contribution >= 0.6 is 32.6 Å². The van der Waals surface area contributed by atoms with E-state index in [0.717, 1.165) is 12.1 Å². The number of hydrogen-bond acceptors (Lipinski definition) is 3. The van der Waals surface area contributed by atoms with Gasteiger partial charge in [0.05, 0.1) is 0 Å². The van der Waals surface area contributed by atoms with E-state index in [4.69, 9.17) is 16.3 Å². The molecule has 0 fully saturated rings. The molecule has 0 aromatic heterocycles. The van der Waals surface area contributed by atoms with Gasteiger partial charge >= 0.3 is 5.25 Å². The quantitative estimate of drug-likeness (QED) is 0.521. The minimum Gasteiger partial charge on any atom is -0.457 e. The summed E-state index contributed by atoms with van der Waals surface area (Å²) in [5, 5.41) is 6.44. The van der Waals surface area contributed by atoms with Crippen molar-refractivity contribution in [3.8, 4) is 11.5 Å². The zero-order chi connectivity index (χ0) is 17.6. The Bertz CT molecular complexity index is 783. The summed E-state index contributed by atoms with van der Waals surface area (Å²) in [7, 11) is 1.83. The van der Waals surface area contributed by atoms with Crippen LogP contribution in [0.2, 0.25) is 5.02 Å². The SMILES string of the molecule is OC1c2c(ccc(Oc3cc(F)cc(Cl)c3)c2C(F)P)SC1(F)F.